The van der Waals surface area contributed by atoms with Gasteiger partial charge in [0.25, 0.3) is 0 Å². The molecule has 0 saturated carbocycles. The molecule has 0 radical (unpaired) electrons. The molecule has 0 aromatic rings. The average Bonchev–Trinajstić information content (AvgIpc) is 2.15. The molecule has 1 heterocycles. The maximum absolute atomic E-state index is 10.9. The summed E-state index contributed by atoms with van der Waals surface area (Å²) in [6, 6.07) is 0. The molecule has 1 fully saturated rings. The van der Waals surface area contributed by atoms with Gasteiger partial charge in [-0.1, -0.05) is 0 Å². The third kappa shape index (κ3) is 3.40. The van der Waals surface area contributed by atoms with Crippen molar-refractivity contribution in [2.24, 2.45) is 0 Å². The van der Waals surface area contributed by atoms with E-state index >= 15 is 0 Å². The molecule has 1 aliphatic rings. The van der Waals surface area contributed by atoms with E-state index in [1.807, 2.05) is 6.26 Å². The van der Waals surface area contributed by atoms with Crippen molar-refractivity contribution in [3.63, 3.8) is 0 Å². The molecule has 0 aromatic heterocycles. The van der Waals surface area contributed by atoms with Gasteiger partial charge >= 0.3 is 0 Å². The van der Waals surface area contributed by atoms with Crippen molar-refractivity contribution in [1.82, 2.24) is 4.90 Å². The van der Waals surface area contributed by atoms with Crippen LogP contribution in [-0.2, 0) is 9.53 Å². The Hall–Kier alpha value is -0.480. The maximum atomic E-state index is 10.9. The van der Waals surface area contributed by atoms with Crippen LogP contribution in [0.25, 0.3) is 0 Å². The van der Waals surface area contributed by atoms with Gasteiger partial charge in [0.05, 0.1) is 18.2 Å². The summed E-state index contributed by atoms with van der Waals surface area (Å²) in [6.45, 7) is 4.88. The largest absolute Gasteiger partial charge is 0.378 e. The van der Waals surface area contributed by atoms with Crippen LogP contribution in [0, 0.1) is 0 Å². The number of morpholine rings is 1. The molecule has 0 spiro atoms. The van der Waals surface area contributed by atoms with Crippen LogP contribution >= 0.6 is 11.8 Å². The molecule has 1 saturated heterocycles. The zero-order chi connectivity index (χ0) is 9.68. The number of allylic oxidation sites excluding steroid dienone is 1. The molecule has 74 valence electrons. The Bertz CT molecular complexity index is 210. The van der Waals surface area contributed by atoms with Gasteiger partial charge in [-0.2, -0.15) is 0 Å². The highest BCUT2D eigenvalue weighted by atomic mass is 32.2. The molecule has 4 heteroatoms. The lowest BCUT2D eigenvalue weighted by molar-refractivity contribution is -0.112. The molecule has 0 unspecified atom stereocenters. The first-order valence-electron chi connectivity index (χ1n) is 4.33. The minimum Gasteiger partial charge on any atom is -0.378 e. The minimum atomic E-state index is 0.107. The van der Waals surface area contributed by atoms with Gasteiger partial charge in [0.1, 0.15) is 0 Å². The van der Waals surface area contributed by atoms with E-state index in [2.05, 4.69) is 4.90 Å². The highest BCUT2D eigenvalue weighted by Crippen LogP contribution is 2.18. The van der Waals surface area contributed by atoms with Crippen molar-refractivity contribution < 1.29 is 9.53 Å². The summed E-state index contributed by atoms with van der Waals surface area (Å²) >= 11 is 1.62. The summed E-state index contributed by atoms with van der Waals surface area (Å²) in [5.41, 5.74) is 0. The molecule has 0 aromatic carbocycles. The van der Waals surface area contributed by atoms with Gasteiger partial charge < -0.3 is 9.64 Å². The Morgan fingerprint density at radius 2 is 2.08 bits per heavy atom. The van der Waals surface area contributed by atoms with Crippen LogP contribution in [0.4, 0.5) is 0 Å². The number of ketones is 1. The third-order valence-corrected chi connectivity index (χ3v) is 2.65. The van der Waals surface area contributed by atoms with E-state index in [4.69, 9.17) is 4.74 Å². The lowest BCUT2D eigenvalue weighted by atomic mass is 10.4. The van der Waals surface area contributed by atoms with E-state index < -0.39 is 0 Å². The molecular weight excluding hydrogens is 186 g/mol. The summed E-state index contributed by atoms with van der Waals surface area (Å²) in [7, 11) is 0. The highest BCUT2D eigenvalue weighted by Gasteiger charge is 2.12. The quantitative estimate of drug-likeness (QED) is 0.640. The van der Waals surface area contributed by atoms with E-state index in [9.17, 15) is 4.79 Å². The first kappa shape index (κ1) is 10.6. The van der Waals surface area contributed by atoms with Gasteiger partial charge in [-0.15, -0.1) is 11.8 Å². The van der Waals surface area contributed by atoms with Crippen molar-refractivity contribution in [2.75, 3.05) is 32.6 Å². The summed E-state index contributed by atoms with van der Waals surface area (Å²) in [5, 5.41) is 1.05. The Labute approximate surface area is 83.1 Å². The van der Waals surface area contributed by atoms with Crippen LogP contribution in [-0.4, -0.2) is 43.2 Å². The topological polar surface area (TPSA) is 29.5 Å². The van der Waals surface area contributed by atoms with Crippen molar-refractivity contribution in [3.05, 3.63) is 11.1 Å². The standard InChI is InChI=1S/C9H15NO2S/c1-8(11)7-9(13-2)10-3-5-12-6-4-10/h7H,3-6H2,1-2H3/b9-7-. The van der Waals surface area contributed by atoms with Gasteiger partial charge in [0, 0.05) is 19.2 Å². The smallest absolute Gasteiger partial charge is 0.155 e. The van der Waals surface area contributed by atoms with Crippen molar-refractivity contribution in [3.8, 4) is 0 Å². The lowest BCUT2D eigenvalue weighted by Crippen LogP contribution is -2.34. The SMILES string of the molecule is CS/C(=C\C(C)=O)N1CCOCC1. The fraction of sp³-hybridized carbons (Fsp3) is 0.667. The van der Waals surface area contributed by atoms with Crippen molar-refractivity contribution >= 4 is 17.5 Å². The van der Waals surface area contributed by atoms with Crippen LogP contribution in [0.2, 0.25) is 0 Å². The number of nitrogens with zero attached hydrogens (tertiary/aromatic N) is 1. The second kappa shape index (κ2) is 5.29. The summed E-state index contributed by atoms with van der Waals surface area (Å²) in [6.07, 6.45) is 3.68. The van der Waals surface area contributed by atoms with Crippen LogP contribution in [0.3, 0.4) is 0 Å². The number of carbonyl (C=O) groups is 1. The van der Waals surface area contributed by atoms with Gasteiger partial charge in [-0.05, 0) is 13.2 Å². The molecule has 0 atom stereocenters. The van der Waals surface area contributed by atoms with Crippen molar-refractivity contribution in [1.29, 1.82) is 0 Å². The first-order valence-corrected chi connectivity index (χ1v) is 5.55. The Morgan fingerprint density at radius 3 is 2.54 bits per heavy atom. The number of rotatable bonds is 3. The second-order valence-electron chi connectivity index (χ2n) is 2.90. The molecule has 0 N–H and O–H groups in total. The minimum absolute atomic E-state index is 0.107. The molecule has 3 nitrogen and oxygen atoms in total. The third-order valence-electron chi connectivity index (χ3n) is 1.86. The van der Waals surface area contributed by atoms with E-state index in [1.165, 1.54) is 0 Å². The molecule has 0 aliphatic carbocycles. The number of thioether (sulfide) groups is 1. The lowest BCUT2D eigenvalue weighted by Gasteiger charge is -2.29. The van der Waals surface area contributed by atoms with Crippen molar-refractivity contribution in [2.45, 2.75) is 6.92 Å². The van der Waals surface area contributed by atoms with E-state index in [0.717, 1.165) is 31.3 Å². The second-order valence-corrected chi connectivity index (χ2v) is 3.72. The summed E-state index contributed by atoms with van der Waals surface area (Å²) in [5.74, 6) is 0.107. The first-order chi connectivity index (χ1) is 6.24. The van der Waals surface area contributed by atoms with Gasteiger partial charge in [0.2, 0.25) is 0 Å². The van der Waals surface area contributed by atoms with Crippen LogP contribution in [0.1, 0.15) is 6.92 Å². The molecular formula is C9H15NO2S. The van der Waals surface area contributed by atoms with E-state index in [1.54, 1.807) is 24.8 Å². The highest BCUT2D eigenvalue weighted by molar-refractivity contribution is 8.02. The predicted octanol–water partition coefficient (Wildman–Crippen LogP) is 1.11. The van der Waals surface area contributed by atoms with Crippen LogP contribution < -0.4 is 0 Å². The monoisotopic (exact) mass is 201 g/mol. The summed E-state index contributed by atoms with van der Waals surface area (Å²) < 4.78 is 5.24. The fourth-order valence-electron chi connectivity index (χ4n) is 1.24. The van der Waals surface area contributed by atoms with Gasteiger partial charge in [-0.25, -0.2) is 0 Å². The molecule has 1 rings (SSSR count). The number of hydrogen-bond acceptors (Lipinski definition) is 4. The number of ether oxygens (including phenoxy) is 1. The molecule has 0 bridgehead atoms. The van der Waals surface area contributed by atoms with Gasteiger partial charge in [-0.3, -0.25) is 4.79 Å². The normalized spacial score (nSPS) is 18.9. The number of hydrogen-bond donors (Lipinski definition) is 0. The Balaban J connectivity index is 2.58. The maximum Gasteiger partial charge on any atom is 0.155 e. The van der Waals surface area contributed by atoms with Crippen LogP contribution in [0.15, 0.2) is 11.1 Å². The zero-order valence-corrected chi connectivity index (χ0v) is 8.89. The summed E-state index contributed by atoms with van der Waals surface area (Å²) in [4.78, 5) is 13.1. The zero-order valence-electron chi connectivity index (χ0n) is 8.08. The molecule has 13 heavy (non-hydrogen) atoms. The Morgan fingerprint density at radius 1 is 1.46 bits per heavy atom. The van der Waals surface area contributed by atoms with E-state index in [0.29, 0.717) is 0 Å². The van der Waals surface area contributed by atoms with Crippen LogP contribution in [0.5, 0.6) is 0 Å². The predicted molar refractivity (Wildman–Crippen MR) is 54.7 cm³/mol. The average molecular weight is 201 g/mol. The fourth-order valence-corrected chi connectivity index (χ4v) is 1.96. The van der Waals surface area contributed by atoms with E-state index in [-0.39, 0.29) is 5.78 Å². The number of carbonyl (C=O) groups excluding carboxylic acids is 1. The molecule has 0 amide bonds. The van der Waals surface area contributed by atoms with Gasteiger partial charge in [0.15, 0.2) is 5.78 Å². The Kier molecular flexibility index (Phi) is 4.32. The molecule has 1 aliphatic heterocycles.